The molecule has 27 heavy (non-hydrogen) atoms. The van der Waals surface area contributed by atoms with E-state index < -0.39 is 12.0 Å². The molecule has 0 spiro atoms. The van der Waals surface area contributed by atoms with E-state index in [4.69, 9.17) is 0 Å². The molecular formula is C18H26F3N5O. The zero-order valence-corrected chi connectivity index (χ0v) is 16.2. The average molecular weight is 385 g/mol. The molecule has 0 bridgehead atoms. The number of carbonyl (C=O) groups excluding carboxylic acids is 1. The molecule has 2 aromatic rings. The first-order chi connectivity index (χ1) is 12.7. The fourth-order valence-electron chi connectivity index (χ4n) is 3.01. The maximum Gasteiger partial charge on any atom is 0.453 e. The first-order valence-corrected chi connectivity index (χ1v) is 9.24. The lowest BCUT2D eigenvalue weighted by molar-refractivity contribution is -0.144. The monoisotopic (exact) mass is 385 g/mol. The molecular weight excluding hydrogens is 359 g/mol. The van der Waals surface area contributed by atoms with Crippen molar-refractivity contribution in [2.75, 3.05) is 6.54 Å². The van der Waals surface area contributed by atoms with Gasteiger partial charge in [-0.05, 0) is 26.2 Å². The zero-order chi connectivity index (χ0) is 20.2. The van der Waals surface area contributed by atoms with Gasteiger partial charge in [0.05, 0.1) is 6.42 Å². The van der Waals surface area contributed by atoms with Crippen LogP contribution < -0.4 is 5.32 Å². The van der Waals surface area contributed by atoms with E-state index >= 15 is 0 Å². The second-order valence-electron chi connectivity index (χ2n) is 6.80. The highest BCUT2D eigenvalue weighted by Gasteiger charge is 2.37. The standard InChI is InChI=1S/C18H26F3N5O/c1-5-7-8-13(6-2)10-22-15(27)9-14-11(3)23-17-24-16(18(19,20)21)25-26(17)12(14)4/h13H,5-10H2,1-4H3,(H,22,27)/t13-/m1/s1. The number of unbranched alkanes of at least 4 members (excludes halogenated alkanes) is 1. The summed E-state index contributed by atoms with van der Waals surface area (Å²) in [6.45, 7) is 8.11. The Bertz CT molecular complexity index is 800. The average Bonchev–Trinajstić information content (AvgIpc) is 3.03. The third-order valence-corrected chi connectivity index (χ3v) is 4.77. The Kier molecular flexibility index (Phi) is 6.78. The van der Waals surface area contributed by atoms with E-state index in [0.29, 0.717) is 29.4 Å². The maximum atomic E-state index is 12.8. The SMILES string of the molecule is CCCC[C@@H](CC)CNC(=O)Cc1c(C)nc2nc(C(F)(F)F)nn2c1C. The third-order valence-electron chi connectivity index (χ3n) is 4.77. The van der Waals surface area contributed by atoms with Crippen LogP contribution in [0.15, 0.2) is 0 Å². The first-order valence-electron chi connectivity index (χ1n) is 9.24. The largest absolute Gasteiger partial charge is 0.453 e. The van der Waals surface area contributed by atoms with Crippen LogP contribution in [0.4, 0.5) is 13.2 Å². The van der Waals surface area contributed by atoms with Crippen LogP contribution in [0.2, 0.25) is 0 Å². The van der Waals surface area contributed by atoms with Gasteiger partial charge in [0.1, 0.15) is 0 Å². The summed E-state index contributed by atoms with van der Waals surface area (Å²) in [5.41, 5.74) is 1.49. The minimum absolute atomic E-state index is 0.0476. The van der Waals surface area contributed by atoms with Crippen LogP contribution in [0.1, 0.15) is 62.3 Å². The fourth-order valence-corrected chi connectivity index (χ4v) is 3.01. The van der Waals surface area contributed by atoms with Gasteiger partial charge in [-0.25, -0.2) is 9.50 Å². The Morgan fingerprint density at radius 1 is 1.22 bits per heavy atom. The predicted molar refractivity (Wildman–Crippen MR) is 95.3 cm³/mol. The van der Waals surface area contributed by atoms with Gasteiger partial charge >= 0.3 is 6.18 Å². The lowest BCUT2D eigenvalue weighted by Gasteiger charge is -2.16. The van der Waals surface area contributed by atoms with Crippen LogP contribution in [0, 0.1) is 19.8 Å². The van der Waals surface area contributed by atoms with Crippen molar-refractivity contribution in [2.24, 2.45) is 5.92 Å². The van der Waals surface area contributed by atoms with E-state index in [-0.39, 0.29) is 18.1 Å². The summed E-state index contributed by atoms with van der Waals surface area (Å²) in [7, 11) is 0. The Hall–Kier alpha value is -2.19. The van der Waals surface area contributed by atoms with E-state index in [1.54, 1.807) is 13.8 Å². The number of aryl methyl sites for hydroxylation is 2. The number of amides is 1. The number of rotatable bonds is 8. The smallest absolute Gasteiger partial charge is 0.356 e. The summed E-state index contributed by atoms with van der Waals surface area (Å²) < 4.78 is 39.6. The van der Waals surface area contributed by atoms with Gasteiger partial charge in [-0.1, -0.05) is 33.1 Å². The van der Waals surface area contributed by atoms with Crippen molar-refractivity contribution >= 4 is 11.7 Å². The van der Waals surface area contributed by atoms with Gasteiger partial charge in [0.15, 0.2) is 0 Å². The Labute approximate surface area is 156 Å². The van der Waals surface area contributed by atoms with Crippen molar-refractivity contribution in [2.45, 2.75) is 66.0 Å². The molecule has 0 saturated heterocycles. The van der Waals surface area contributed by atoms with Crippen LogP contribution in [-0.4, -0.2) is 32.0 Å². The molecule has 0 aliphatic rings. The van der Waals surface area contributed by atoms with Crippen LogP contribution >= 0.6 is 0 Å². The molecule has 6 nitrogen and oxygen atoms in total. The molecule has 1 amide bonds. The van der Waals surface area contributed by atoms with Crippen molar-refractivity contribution < 1.29 is 18.0 Å². The van der Waals surface area contributed by atoms with E-state index in [1.807, 2.05) is 0 Å². The minimum atomic E-state index is -4.64. The Morgan fingerprint density at radius 3 is 2.52 bits per heavy atom. The predicted octanol–water partition coefficient (Wildman–Crippen LogP) is 3.64. The normalized spacial score (nSPS) is 13.1. The van der Waals surface area contributed by atoms with Gasteiger partial charge in [0, 0.05) is 23.5 Å². The maximum absolute atomic E-state index is 12.8. The number of aromatic nitrogens is 4. The molecule has 0 radical (unpaired) electrons. The van der Waals surface area contributed by atoms with Gasteiger partial charge in [0.2, 0.25) is 5.91 Å². The number of hydrogen-bond donors (Lipinski definition) is 1. The zero-order valence-electron chi connectivity index (χ0n) is 16.2. The van der Waals surface area contributed by atoms with Crippen molar-refractivity contribution in [1.29, 1.82) is 0 Å². The van der Waals surface area contributed by atoms with E-state index in [2.05, 4.69) is 34.2 Å². The van der Waals surface area contributed by atoms with E-state index in [1.165, 1.54) is 0 Å². The van der Waals surface area contributed by atoms with Gasteiger partial charge < -0.3 is 5.32 Å². The van der Waals surface area contributed by atoms with Crippen molar-refractivity contribution in [3.05, 3.63) is 22.8 Å². The second kappa shape index (κ2) is 8.67. The molecule has 2 heterocycles. The van der Waals surface area contributed by atoms with Crippen molar-refractivity contribution in [3.8, 4) is 0 Å². The van der Waals surface area contributed by atoms with Gasteiger partial charge in [0.25, 0.3) is 11.6 Å². The van der Waals surface area contributed by atoms with Crippen LogP contribution in [0.3, 0.4) is 0 Å². The highest BCUT2D eigenvalue weighted by atomic mass is 19.4. The van der Waals surface area contributed by atoms with Crippen LogP contribution in [-0.2, 0) is 17.4 Å². The van der Waals surface area contributed by atoms with Gasteiger partial charge in [-0.3, -0.25) is 4.79 Å². The molecule has 2 rings (SSSR count). The van der Waals surface area contributed by atoms with Crippen LogP contribution in [0.5, 0.6) is 0 Å². The van der Waals surface area contributed by atoms with E-state index in [0.717, 1.165) is 30.2 Å². The number of nitrogens with zero attached hydrogens (tertiary/aromatic N) is 4. The topological polar surface area (TPSA) is 72.2 Å². The lowest BCUT2D eigenvalue weighted by atomic mass is 9.99. The van der Waals surface area contributed by atoms with Gasteiger partial charge in [-0.15, -0.1) is 5.10 Å². The molecule has 0 unspecified atom stereocenters. The molecule has 0 aliphatic carbocycles. The molecule has 0 aromatic carbocycles. The summed E-state index contributed by atoms with van der Waals surface area (Å²) in [5, 5.41) is 6.43. The molecule has 9 heteroatoms. The van der Waals surface area contributed by atoms with Crippen molar-refractivity contribution in [3.63, 3.8) is 0 Å². The first kappa shape index (κ1) is 21.1. The lowest BCUT2D eigenvalue weighted by Crippen LogP contribution is -2.31. The fraction of sp³-hybridized carbons (Fsp3) is 0.667. The van der Waals surface area contributed by atoms with Crippen molar-refractivity contribution in [1.82, 2.24) is 24.9 Å². The number of fused-ring (bicyclic) bond motifs is 1. The molecule has 1 atom stereocenters. The molecule has 0 fully saturated rings. The molecule has 150 valence electrons. The number of alkyl halides is 3. The number of carbonyl (C=O) groups is 1. The summed E-state index contributed by atoms with van der Waals surface area (Å²) in [4.78, 5) is 19.9. The highest BCUT2D eigenvalue weighted by Crippen LogP contribution is 2.27. The quantitative estimate of drug-likeness (QED) is 0.753. The number of hydrogen-bond acceptors (Lipinski definition) is 4. The Balaban J connectivity index is 2.14. The molecule has 0 aliphatic heterocycles. The summed E-state index contributed by atoms with van der Waals surface area (Å²) >= 11 is 0. The Morgan fingerprint density at radius 2 is 1.93 bits per heavy atom. The summed E-state index contributed by atoms with van der Waals surface area (Å²) in [6.07, 6.45) is -0.290. The minimum Gasteiger partial charge on any atom is -0.356 e. The third kappa shape index (κ3) is 5.17. The summed E-state index contributed by atoms with van der Waals surface area (Å²) in [5.74, 6) is -1.09. The van der Waals surface area contributed by atoms with E-state index in [9.17, 15) is 18.0 Å². The van der Waals surface area contributed by atoms with Gasteiger partial charge in [-0.2, -0.15) is 18.2 Å². The summed E-state index contributed by atoms with van der Waals surface area (Å²) in [6, 6.07) is 0. The van der Waals surface area contributed by atoms with Crippen LogP contribution in [0.25, 0.3) is 5.78 Å². The molecule has 0 saturated carbocycles. The number of halogens is 3. The number of nitrogens with one attached hydrogen (secondary N) is 1. The molecule has 2 aromatic heterocycles. The second-order valence-corrected chi connectivity index (χ2v) is 6.80. The highest BCUT2D eigenvalue weighted by molar-refractivity contribution is 5.79. The molecule has 1 N–H and O–H groups in total.